The fourth-order valence-electron chi connectivity index (χ4n) is 10.8. The molecule has 12 aromatic rings. The Morgan fingerprint density at radius 3 is 1.37 bits per heavy atom. The number of benzene rings is 10. The Hall–Kier alpha value is -7.94. The third-order valence-electron chi connectivity index (χ3n) is 13.9. The van der Waals surface area contributed by atoms with E-state index in [9.17, 15) is 0 Å². The van der Waals surface area contributed by atoms with Crippen LogP contribution in [0.25, 0.3) is 110 Å². The predicted molar refractivity (Wildman–Crippen MR) is 266 cm³/mol. The minimum absolute atomic E-state index is 0.153. The van der Waals surface area contributed by atoms with Crippen LogP contribution in [0.4, 0.5) is 0 Å². The molecule has 63 heavy (non-hydrogen) atoms. The third kappa shape index (κ3) is 5.38. The van der Waals surface area contributed by atoms with E-state index in [1.165, 1.54) is 121 Å². The summed E-state index contributed by atoms with van der Waals surface area (Å²) >= 11 is 0. The van der Waals surface area contributed by atoms with Crippen LogP contribution < -0.4 is 0 Å². The summed E-state index contributed by atoms with van der Waals surface area (Å²) in [7, 11) is 0. The highest BCUT2D eigenvalue weighted by atomic mass is 15.0. The summed E-state index contributed by atoms with van der Waals surface area (Å²) in [5, 5.41) is 7.58. The van der Waals surface area contributed by atoms with Gasteiger partial charge in [-0.25, -0.2) is 0 Å². The van der Waals surface area contributed by atoms with Crippen LogP contribution in [0.1, 0.15) is 25.0 Å². The van der Waals surface area contributed by atoms with Gasteiger partial charge in [-0.05, 0) is 128 Å². The van der Waals surface area contributed by atoms with Crippen molar-refractivity contribution in [3.63, 3.8) is 0 Å². The van der Waals surface area contributed by atoms with Crippen molar-refractivity contribution >= 4 is 54.4 Å². The Morgan fingerprint density at radius 1 is 0.302 bits per heavy atom. The fraction of sp³-hybridized carbons (Fsp3) is 0.0492. The number of hydrogen-bond donors (Lipinski definition) is 0. The van der Waals surface area contributed by atoms with Crippen molar-refractivity contribution in [3.05, 3.63) is 230 Å². The van der Waals surface area contributed by atoms with Crippen molar-refractivity contribution < 1.29 is 0 Å². The second-order valence-electron chi connectivity index (χ2n) is 17.7. The highest BCUT2D eigenvalue weighted by molar-refractivity contribution is 6.12. The molecular weight excluding hydrogens is 761 g/mol. The van der Waals surface area contributed by atoms with E-state index in [1.807, 2.05) is 0 Å². The second-order valence-corrected chi connectivity index (χ2v) is 17.7. The quantitative estimate of drug-likeness (QED) is 0.164. The molecule has 0 amide bonds. The minimum atomic E-state index is -0.153. The normalized spacial score (nSPS) is 13.0. The van der Waals surface area contributed by atoms with Crippen molar-refractivity contribution in [2.45, 2.75) is 19.3 Å². The molecule has 0 bridgehead atoms. The maximum absolute atomic E-state index is 2.45. The lowest BCUT2D eigenvalue weighted by Gasteiger charge is -2.22. The predicted octanol–water partition coefficient (Wildman–Crippen LogP) is 16.3. The van der Waals surface area contributed by atoms with Crippen molar-refractivity contribution in [2.75, 3.05) is 0 Å². The van der Waals surface area contributed by atoms with Crippen LogP contribution in [0.3, 0.4) is 0 Å². The first-order valence-corrected chi connectivity index (χ1v) is 22.0. The molecule has 0 fully saturated rings. The molecule has 0 N–H and O–H groups in total. The van der Waals surface area contributed by atoms with Crippen LogP contribution >= 0.6 is 0 Å². The molecule has 0 saturated carbocycles. The minimum Gasteiger partial charge on any atom is -0.309 e. The smallest absolute Gasteiger partial charge is 0.0541 e. The maximum Gasteiger partial charge on any atom is 0.0541 e. The van der Waals surface area contributed by atoms with Gasteiger partial charge in [0.2, 0.25) is 0 Å². The van der Waals surface area contributed by atoms with E-state index in [0.29, 0.717) is 0 Å². The van der Waals surface area contributed by atoms with Crippen LogP contribution in [0.2, 0.25) is 0 Å². The molecule has 2 nitrogen and oxygen atoms in total. The van der Waals surface area contributed by atoms with Gasteiger partial charge in [-0.3, -0.25) is 0 Å². The molecule has 0 saturated heterocycles. The van der Waals surface area contributed by atoms with Crippen LogP contribution in [0.5, 0.6) is 0 Å². The summed E-state index contributed by atoms with van der Waals surface area (Å²) in [6.07, 6.45) is 0. The van der Waals surface area contributed by atoms with Crippen molar-refractivity contribution in [1.29, 1.82) is 0 Å². The van der Waals surface area contributed by atoms with Gasteiger partial charge in [0.15, 0.2) is 0 Å². The molecule has 2 heteroatoms. The Labute approximate surface area is 366 Å². The molecule has 0 unspecified atom stereocenters. The van der Waals surface area contributed by atoms with Crippen molar-refractivity contribution in [3.8, 4) is 55.9 Å². The average Bonchev–Trinajstić information content (AvgIpc) is 3.93. The van der Waals surface area contributed by atoms with Crippen LogP contribution in [-0.2, 0) is 5.41 Å². The van der Waals surface area contributed by atoms with Crippen LogP contribution in [0.15, 0.2) is 218 Å². The molecule has 2 aromatic heterocycles. The van der Waals surface area contributed by atoms with E-state index in [0.717, 1.165) is 0 Å². The maximum atomic E-state index is 2.45. The van der Waals surface area contributed by atoms with E-state index >= 15 is 0 Å². The monoisotopic (exact) mass is 802 g/mol. The molecule has 2 heterocycles. The second kappa shape index (κ2) is 13.5. The summed E-state index contributed by atoms with van der Waals surface area (Å²) in [6.45, 7) is 4.78. The molecular formula is C61H42N2. The highest BCUT2D eigenvalue weighted by Gasteiger charge is 2.36. The van der Waals surface area contributed by atoms with Gasteiger partial charge in [-0.2, -0.15) is 0 Å². The number of para-hydroxylation sites is 3. The van der Waals surface area contributed by atoms with Crippen molar-refractivity contribution in [1.82, 2.24) is 9.13 Å². The number of hydrogen-bond acceptors (Lipinski definition) is 0. The molecule has 1 aliphatic rings. The van der Waals surface area contributed by atoms with Gasteiger partial charge in [0.1, 0.15) is 0 Å². The van der Waals surface area contributed by atoms with E-state index in [4.69, 9.17) is 0 Å². The summed E-state index contributed by atoms with van der Waals surface area (Å²) in [6, 6.07) is 80.8. The van der Waals surface area contributed by atoms with Crippen LogP contribution in [0, 0.1) is 0 Å². The lowest BCUT2D eigenvalue weighted by molar-refractivity contribution is 0.661. The molecule has 0 aliphatic heterocycles. The van der Waals surface area contributed by atoms with E-state index in [2.05, 4.69) is 241 Å². The number of fused-ring (bicyclic) bond motifs is 10. The SMILES string of the molecule is CC1(C)c2cc(-c3ccc(-c4ccc5c(c4)c4ccccc4n5-c4ccccc4)cc3)ccc2-c2ccc(-c3ccc4c(c3)c3ccccc3n4-c3cccc4ccccc34)cc21. The first-order chi connectivity index (χ1) is 31.0. The van der Waals surface area contributed by atoms with Gasteiger partial charge >= 0.3 is 0 Å². The molecule has 10 aromatic carbocycles. The Kier molecular flexibility index (Phi) is 7.68. The number of aromatic nitrogens is 2. The molecule has 0 spiro atoms. The van der Waals surface area contributed by atoms with E-state index in [1.54, 1.807) is 0 Å². The first kappa shape index (κ1) is 35.8. The van der Waals surface area contributed by atoms with E-state index < -0.39 is 0 Å². The largest absolute Gasteiger partial charge is 0.309 e. The zero-order valence-electron chi connectivity index (χ0n) is 35.2. The Balaban J connectivity index is 0.832. The van der Waals surface area contributed by atoms with E-state index in [-0.39, 0.29) is 5.41 Å². The summed E-state index contributed by atoms with van der Waals surface area (Å²) in [4.78, 5) is 0. The lowest BCUT2D eigenvalue weighted by Crippen LogP contribution is -2.15. The summed E-state index contributed by atoms with van der Waals surface area (Å²) < 4.78 is 4.81. The van der Waals surface area contributed by atoms with Gasteiger partial charge in [0.25, 0.3) is 0 Å². The van der Waals surface area contributed by atoms with Gasteiger partial charge in [0.05, 0.1) is 27.8 Å². The Bertz CT molecular complexity index is 3800. The Morgan fingerprint density at radius 2 is 0.730 bits per heavy atom. The van der Waals surface area contributed by atoms with Crippen molar-refractivity contribution in [2.24, 2.45) is 0 Å². The van der Waals surface area contributed by atoms with Crippen LogP contribution in [-0.4, -0.2) is 9.13 Å². The van der Waals surface area contributed by atoms with Gasteiger partial charge in [0, 0.05) is 38.0 Å². The number of nitrogens with zero attached hydrogens (tertiary/aromatic N) is 2. The van der Waals surface area contributed by atoms with Gasteiger partial charge in [-0.1, -0.05) is 166 Å². The molecule has 13 rings (SSSR count). The average molecular weight is 803 g/mol. The zero-order valence-corrected chi connectivity index (χ0v) is 35.2. The fourth-order valence-corrected chi connectivity index (χ4v) is 10.8. The highest BCUT2D eigenvalue weighted by Crippen LogP contribution is 2.51. The van der Waals surface area contributed by atoms with Gasteiger partial charge < -0.3 is 9.13 Å². The third-order valence-corrected chi connectivity index (χ3v) is 13.9. The van der Waals surface area contributed by atoms with Gasteiger partial charge in [-0.15, -0.1) is 0 Å². The molecule has 0 radical (unpaired) electrons. The lowest BCUT2D eigenvalue weighted by atomic mass is 9.80. The molecule has 1 aliphatic carbocycles. The number of rotatable bonds is 5. The zero-order chi connectivity index (χ0) is 41.8. The molecule has 0 atom stereocenters. The first-order valence-electron chi connectivity index (χ1n) is 22.0. The standard InChI is InChI=1S/C61H42N2/c1-61(2)54-37-44(40-25-23-39(24-26-40)42-29-33-59-52(35-42)50-18-8-10-20-57(50)62(59)46-15-4-3-5-16-46)27-31-48(54)49-32-28-45(38-55(49)61)43-30-34-60-53(36-43)51-19-9-11-21-58(51)63(60)56-22-12-14-41-13-6-7-17-47(41)56/h3-38H,1-2H3. The topological polar surface area (TPSA) is 9.86 Å². The summed E-state index contributed by atoms with van der Waals surface area (Å²) in [5.74, 6) is 0. The molecule has 296 valence electrons. The summed E-state index contributed by atoms with van der Waals surface area (Å²) in [5.41, 5.74) is 19.9.